The van der Waals surface area contributed by atoms with Crippen LogP contribution >= 0.6 is 23.2 Å². The first-order chi connectivity index (χ1) is 17.5. The first-order valence-corrected chi connectivity index (χ1v) is 11.4. The summed E-state index contributed by atoms with van der Waals surface area (Å²) in [6, 6.07) is 11.3. The van der Waals surface area contributed by atoms with Crippen LogP contribution in [0.15, 0.2) is 58.8 Å². The Kier molecular flexibility index (Phi) is 8.64. The number of esters is 1. The predicted molar refractivity (Wildman–Crippen MR) is 137 cm³/mol. The van der Waals surface area contributed by atoms with Gasteiger partial charge in [0.1, 0.15) is 22.6 Å². The third kappa shape index (κ3) is 6.32. The van der Waals surface area contributed by atoms with E-state index < -0.39 is 22.7 Å². The molecule has 3 rings (SSSR count). The molecule has 2 amide bonds. The summed E-state index contributed by atoms with van der Waals surface area (Å²) in [5, 5.41) is 19.9. The molecule has 2 aromatic carbocycles. The van der Waals surface area contributed by atoms with Crippen molar-refractivity contribution in [3.63, 3.8) is 0 Å². The van der Waals surface area contributed by atoms with Crippen molar-refractivity contribution in [2.75, 3.05) is 11.5 Å². The average molecular weight is 544 g/mol. The second kappa shape index (κ2) is 11.7. The largest absolute Gasteiger partial charge is 0.462 e. The number of aromatic nitrogens is 1. The van der Waals surface area contributed by atoms with Crippen LogP contribution in [0.3, 0.4) is 0 Å². The van der Waals surface area contributed by atoms with E-state index in [0.29, 0.717) is 10.6 Å². The molecule has 11 nitrogen and oxygen atoms in total. The summed E-state index contributed by atoms with van der Waals surface area (Å²) in [6.07, 6.45) is 0. The number of azo groups is 1. The van der Waals surface area contributed by atoms with Gasteiger partial charge in [-0.3, -0.25) is 19.7 Å². The lowest BCUT2D eigenvalue weighted by Gasteiger charge is -2.20. The van der Waals surface area contributed by atoms with Crippen molar-refractivity contribution in [1.29, 1.82) is 0 Å². The smallest absolute Gasteiger partial charge is 0.342 e. The second-order valence-electron chi connectivity index (χ2n) is 7.42. The lowest BCUT2D eigenvalue weighted by Crippen LogP contribution is -2.35. The zero-order valence-corrected chi connectivity index (χ0v) is 21.3. The number of rotatable bonds is 7. The Morgan fingerprint density at radius 1 is 1.00 bits per heavy atom. The number of amides is 2. The SMILES string of the molecule is CCOC(=O)c1cc(N=Nc2cc([N+](=O)[O-])ccc2Cl)c(-c2ccc(Cl)cc2)nc1N(C(C)=O)C(C)=O. The molecule has 0 aliphatic carbocycles. The lowest BCUT2D eigenvalue weighted by molar-refractivity contribution is -0.384. The normalized spacial score (nSPS) is 10.8. The van der Waals surface area contributed by atoms with Gasteiger partial charge >= 0.3 is 5.97 Å². The van der Waals surface area contributed by atoms with Crippen molar-refractivity contribution >= 4 is 63.9 Å². The molecular weight excluding hydrogens is 525 g/mol. The summed E-state index contributed by atoms with van der Waals surface area (Å²) in [7, 11) is 0. The first kappa shape index (κ1) is 27.4. The Bertz CT molecular complexity index is 1410. The van der Waals surface area contributed by atoms with E-state index in [1.807, 2.05) is 0 Å². The van der Waals surface area contributed by atoms with Crippen LogP contribution in [0.25, 0.3) is 11.3 Å². The Morgan fingerprint density at radius 3 is 2.19 bits per heavy atom. The van der Waals surface area contributed by atoms with E-state index >= 15 is 0 Å². The van der Waals surface area contributed by atoms with Gasteiger partial charge in [-0.1, -0.05) is 35.3 Å². The number of pyridine rings is 1. The van der Waals surface area contributed by atoms with E-state index in [1.54, 1.807) is 31.2 Å². The lowest BCUT2D eigenvalue weighted by atomic mass is 10.1. The molecule has 0 bridgehead atoms. The van der Waals surface area contributed by atoms with Crippen LogP contribution in [0, 0.1) is 10.1 Å². The van der Waals surface area contributed by atoms with Gasteiger partial charge in [0.2, 0.25) is 11.8 Å². The number of nitro benzene ring substituents is 1. The van der Waals surface area contributed by atoms with Gasteiger partial charge < -0.3 is 4.74 Å². The number of hydrogen-bond donors (Lipinski definition) is 0. The number of anilines is 1. The molecule has 0 aliphatic rings. The minimum absolute atomic E-state index is 0.00576. The van der Waals surface area contributed by atoms with Crippen LogP contribution in [-0.4, -0.2) is 34.3 Å². The summed E-state index contributed by atoms with van der Waals surface area (Å²) in [5.74, 6) is -2.46. The maximum atomic E-state index is 12.8. The minimum Gasteiger partial charge on any atom is -0.462 e. The fourth-order valence-corrected chi connectivity index (χ4v) is 3.52. The summed E-state index contributed by atoms with van der Waals surface area (Å²) >= 11 is 12.2. The van der Waals surface area contributed by atoms with Gasteiger partial charge in [-0.05, 0) is 31.2 Å². The number of hydrogen-bond acceptors (Lipinski definition) is 9. The fourth-order valence-electron chi connectivity index (χ4n) is 3.24. The molecule has 0 atom stereocenters. The van der Waals surface area contributed by atoms with Crippen molar-refractivity contribution in [2.24, 2.45) is 10.2 Å². The van der Waals surface area contributed by atoms with Crippen molar-refractivity contribution in [2.45, 2.75) is 20.8 Å². The number of ether oxygens (including phenoxy) is 1. The molecule has 1 aromatic heterocycles. The quantitative estimate of drug-likeness (QED) is 0.144. The monoisotopic (exact) mass is 543 g/mol. The number of carbonyl (C=O) groups is 3. The topological polar surface area (TPSA) is 144 Å². The van der Waals surface area contributed by atoms with Gasteiger partial charge in [-0.15, -0.1) is 10.2 Å². The first-order valence-electron chi connectivity index (χ1n) is 10.7. The van der Waals surface area contributed by atoms with Crippen LogP contribution < -0.4 is 4.90 Å². The highest BCUT2D eigenvalue weighted by Crippen LogP contribution is 2.37. The maximum Gasteiger partial charge on any atom is 0.342 e. The Hall–Kier alpha value is -4.22. The highest BCUT2D eigenvalue weighted by molar-refractivity contribution is 6.33. The zero-order chi connectivity index (χ0) is 27.3. The maximum absolute atomic E-state index is 12.8. The molecular formula is C24H19Cl2N5O6. The number of nitro groups is 1. The highest BCUT2D eigenvalue weighted by Gasteiger charge is 2.28. The molecule has 3 aromatic rings. The van der Waals surface area contributed by atoms with Crippen molar-refractivity contribution < 1.29 is 24.0 Å². The number of non-ortho nitro benzene ring substituents is 1. The number of carbonyl (C=O) groups excluding carboxylic acids is 3. The third-order valence-electron chi connectivity index (χ3n) is 4.84. The molecule has 0 aliphatic heterocycles. The Morgan fingerprint density at radius 2 is 1.62 bits per heavy atom. The van der Waals surface area contributed by atoms with Gasteiger partial charge in [-0.25, -0.2) is 14.7 Å². The van der Waals surface area contributed by atoms with Crippen molar-refractivity contribution in [1.82, 2.24) is 4.98 Å². The Balaban J connectivity index is 2.32. The van der Waals surface area contributed by atoms with E-state index in [-0.39, 0.29) is 45.8 Å². The van der Waals surface area contributed by atoms with Crippen LogP contribution in [0.2, 0.25) is 10.0 Å². The van der Waals surface area contributed by atoms with E-state index in [2.05, 4.69) is 15.2 Å². The van der Waals surface area contributed by atoms with Crippen LogP contribution in [-0.2, 0) is 14.3 Å². The molecule has 190 valence electrons. The summed E-state index contributed by atoms with van der Waals surface area (Å²) in [6.45, 7) is 3.90. The number of benzene rings is 2. The van der Waals surface area contributed by atoms with Gasteiger partial charge in [-0.2, -0.15) is 0 Å². The minimum atomic E-state index is -0.856. The second-order valence-corrected chi connectivity index (χ2v) is 8.26. The summed E-state index contributed by atoms with van der Waals surface area (Å²) in [5.41, 5.74) is 0.154. The van der Waals surface area contributed by atoms with E-state index in [0.717, 1.165) is 24.8 Å². The van der Waals surface area contributed by atoms with Crippen LogP contribution in [0.1, 0.15) is 31.1 Å². The molecule has 13 heteroatoms. The molecule has 0 fully saturated rings. The number of halogens is 2. The molecule has 37 heavy (non-hydrogen) atoms. The standard InChI is InChI=1S/C24H19Cl2N5O6/c1-4-37-24(34)18-12-21(29-28-20-11-17(31(35)36)9-10-19(20)26)22(15-5-7-16(25)8-6-15)27-23(18)30(13(2)32)14(3)33/h5-12H,4H2,1-3H3. The zero-order valence-electron chi connectivity index (χ0n) is 19.8. The van der Waals surface area contributed by atoms with Crippen molar-refractivity contribution in [3.05, 3.63) is 74.3 Å². The summed E-state index contributed by atoms with van der Waals surface area (Å²) in [4.78, 5) is 53.2. The van der Waals surface area contributed by atoms with E-state index in [1.165, 1.54) is 18.2 Å². The van der Waals surface area contributed by atoms with Gasteiger partial charge in [0.25, 0.3) is 5.69 Å². The molecule has 0 N–H and O–H groups in total. The van der Waals surface area contributed by atoms with Crippen LogP contribution in [0.5, 0.6) is 0 Å². The third-order valence-corrected chi connectivity index (χ3v) is 5.41. The number of nitrogens with zero attached hydrogens (tertiary/aromatic N) is 5. The molecule has 0 saturated carbocycles. The molecule has 1 heterocycles. The average Bonchev–Trinajstić information content (AvgIpc) is 2.83. The molecule has 0 saturated heterocycles. The molecule has 0 radical (unpaired) electrons. The molecule has 0 unspecified atom stereocenters. The highest BCUT2D eigenvalue weighted by atomic mass is 35.5. The van der Waals surface area contributed by atoms with Crippen molar-refractivity contribution in [3.8, 4) is 11.3 Å². The van der Waals surface area contributed by atoms with Gasteiger partial charge in [0.05, 0.1) is 16.6 Å². The van der Waals surface area contributed by atoms with Gasteiger partial charge in [0, 0.05) is 36.6 Å². The van der Waals surface area contributed by atoms with Crippen LogP contribution in [0.4, 0.5) is 22.9 Å². The molecule has 0 spiro atoms. The summed E-state index contributed by atoms with van der Waals surface area (Å²) < 4.78 is 5.10. The fraction of sp³-hybridized carbons (Fsp3) is 0.167. The Labute approximate surface area is 220 Å². The van der Waals surface area contributed by atoms with E-state index in [4.69, 9.17) is 27.9 Å². The predicted octanol–water partition coefficient (Wildman–Crippen LogP) is 6.46. The number of imide groups is 1. The van der Waals surface area contributed by atoms with E-state index in [9.17, 15) is 24.5 Å². The van der Waals surface area contributed by atoms with Gasteiger partial charge in [0.15, 0.2) is 5.82 Å².